The quantitative estimate of drug-likeness (QED) is 0.596. The molecule has 0 saturated carbocycles. The molecule has 0 bridgehead atoms. The minimum absolute atomic E-state index is 0.184. The standard InChI is InChI=1S/C12H25N/c1-5-7-8-10-12(4,9-6-2)11(3)13/h3,5-10,13H2,1-2,4H3. The van der Waals surface area contributed by atoms with Gasteiger partial charge in [-0.25, -0.2) is 0 Å². The molecule has 0 amide bonds. The normalized spacial score (nSPS) is 15.3. The number of rotatable bonds is 7. The zero-order chi connectivity index (χ0) is 10.3. The number of unbranched alkanes of at least 4 members (excludes halogenated alkanes) is 2. The molecule has 2 N–H and O–H groups in total. The number of hydrogen-bond acceptors (Lipinski definition) is 1. The molecule has 0 aromatic rings. The Bertz CT molecular complexity index is 151. The Morgan fingerprint density at radius 1 is 1.15 bits per heavy atom. The first-order valence-electron chi connectivity index (χ1n) is 5.51. The molecule has 78 valence electrons. The summed E-state index contributed by atoms with van der Waals surface area (Å²) in [7, 11) is 0. The third-order valence-electron chi connectivity index (χ3n) is 2.91. The van der Waals surface area contributed by atoms with Crippen molar-refractivity contribution in [2.24, 2.45) is 11.1 Å². The summed E-state index contributed by atoms with van der Waals surface area (Å²) in [6.07, 6.45) is 7.43. The molecular formula is C12H25N. The summed E-state index contributed by atoms with van der Waals surface area (Å²) in [5.41, 5.74) is 6.90. The Hall–Kier alpha value is -0.460. The van der Waals surface area contributed by atoms with E-state index in [0.29, 0.717) is 0 Å². The molecule has 13 heavy (non-hydrogen) atoms. The van der Waals surface area contributed by atoms with Crippen LogP contribution in [0.15, 0.2) is 12.3 Å². The fraction of sp³-hybridized carbons (Fsp3) is 0.833. The molecule has 0 aromatic carbocycles. The lowest BCUT2D eigenvalue weighted by atomic mass is 9.78. The summed E-state index contributed by atoms with van der Waals surface area (Å²) in [6, 6.07) is 0. The van der Waals surface area contributed by atoms with Gasteiger partial charge in [-0.1, -0.05) is 53.0 Å². The smallest absolute Gasteiger partial charge is 0.00676 e. The highest BCUT2D eigenvalue weighted by Gasteiger charge is 2.24. The minimum atomic E-state index is 0.184. The summed E-state index contributed by atoms with van der Waals surface area (Å²) < 4.78 is 0. The Morgan fingerprint density at radius 3 is 2.15 bits per heavy atom. The van der Waals surface area contributed by atoms with Gasteiger partial charge < -0.3 is 5.73 Å². The molecule has 0 fully saturated rings. The van der Waals surface area contributed by atoms with E-state index in [9.17, 15) is 0 Å². The third-order valence-corrected chi connectivity index (χ3v) is 2.91. The van der Waals surface area contributed by atoms with Gasteiger partial charge in [-0.15, -0.1) is 0 Å². The second-order valence-corrected chi connectivity index (χ2v) is 4.29. The van der Waals surface area contributed by atoms with Crippen molar-refractivity contribution in [1.29, 1.82) is 0 Å². The summed E-state index contributed by atoms with van der Waals surface area (Å²) in [4.78, 5) is 0. The van der Waals surface area contributed by atoms with Gasteiger partial charge in [0.25, 0.3) is 0 Å². The van der Waals surface area contributed by atoms with Gasteiger partial charge in [-0.3, -0.25) is 0 Å². The Balaban J connectivity index is 4.00. The topological polar surface area (TPSA) is 26.0 Å². The summed E-state index contributed by atoms with van der Waals surface area (Å²) in [6.45, 7) is 10.6. The first kappa shape index (κ1) is 12.5. The van der Waals surface area contributed by atoms with Gasteiger partial charge in [0.05, 0.1) is 0 Å². The first-order chi connectivity index (χ1) is 6.06. The molecule has 1 nitrogen and oxygen atoms in total. The van der Waals surface area contributed by atoms with E-state index in [-0.39, 0.29) is 5.41 Å². The maximum Gasteiger partial charge on any atom is 0.00676 e. The van der Waals surface area contributed by atoms with E-state index in [0.717, 1.165) is 5.70 Å². The van der Waals surface area contributed by atoms with E-state index in [1.807, 2.05) is 0 Å². The van der Waals surface area contributed by atoms with Crippen molar-refractivity contribution in [1.82, 2.24) is 0 Å². The fourth-order valence-corrected chi connectivity index (χ4v) is 1.76. The largest absolute Gasteiger partial charge is 0.402 e. The zero-order valence-corrected chi connectivity index (χ0v) is 9.53. The number of nitrogens with two attached hydrogens (primary N) is 1. The zero-order valence-electron chi connectivity index (χ0n) is 9.53. The van der Waals surface area contributed by atoms with Gasteiger partial charge in [0.2, 0.25) is 0 Å². The highest BCUT2D eigenvalue weighted by atomic mass is 14.6. The molecule has 1 heteroatoms. The first-order valence-corrected chi connectivity index (χ1v) is 5.51. The van der Waals surface area contributed by atoms with Gasteiger partial charge in [0, 0.05) is 11.1 Å². The Kier molecular flexibility index (Phi) is 5.85. The molecule has 0 aliphatic rings. The van der Waals surface area contributed by atoms with Gasteiger partial charge >= 0.3 is 0 Å². The van der Waals surface area contributed by atoms with E-state index in [1.165, 1.54) is 38.5 Å². The molecule has 0 aliphatic carbocycles. The van der Waals surface area contributed by atoms with Crippen LogP contribution in [0.4, 0.5) is 0 Å². The predicted molar refractivity (Wildman–Crippen MR) is 60.5 cm³/mol. The van der Waals surface area contributed by atoms with Crippen molar-refractivity contribution < 1.29 is 0 Å². The third kappa shape index (κ3) is 4.35. The van der Waals surface area contributed by atoms with Crippen LogP contribution in [0.25, 0.3) is 0 Å². The van der Waals surface area contributed by atoms with E-state index < -0.39 is 0 Å². The molecule has 0 saturated heterocycles. The lowest BCUT2D eigenvalue weighted by molar-refractivity contribution is 0.316. The molecule has 0 aliphatic heterocycles. The average molecular weight is 183 g/mol. The molecule has 1 unspecified atom stereocenters. The van der Waals surface area contributed by atoms with Crippen LogP contribution in [-0.4, -0.2) is 0 Å². The minimum Gasteiger partial charge on any atom is -0.402 e. The van der Waals surface area contributed by atoms with E-state index in [2.05, 4.69) is 27.4 Å². The second kappa shape index (κ2) is 6.06. The molecule has 0 rings (SSSR count). The van der Waals surface area contributed by atoms with E-state index in [1.54, 1.807) is 0 Å². The maximum absolute atomic E-state index is 5.84. The molecule has 0 spiro atoms. The SMILES string of the molecule is C=C(N)C(C)(CCC)CCCCC. The van der Waals surface area contributed by atoms with Crippen LogP contribution in [0.3, 0.4) is 0 Å². The van der Waals surface area contributed by atoms with Crippen molar-refractivity contribution in [3.8, 4) is 0 Å². The predicted octanol–water partition coefficient (Wildman–Crippen LogP) is 3.85. The number of allylic oxidation sites excluding steroid dienone is 1. The Labute approximate surface area is 83.4 Å². The molecular weight excluding hydrogens is 158 g/mol. The maximum atomic E-state index is 5.84. The monoisotopic (exact) mass is 183 g/mol. The van der Waals surface area contributed by atoms with Crippen LogP contribution in [0.1, 0.15) is 59.3 Å². The highest BCUT2D eigenvalue weighted by Crippen LogP contribution is 2.34. The molecule has 0 heterocycles. The van der Waals surface area contributed by atoms with Crippen molar-refractivity contribution >= 4 is 0 Å². The molecule has 1 atom stereocenters. The van der Waals surface area contributed by atoms with Crippen LogP contribution < -0.4 is 5.73 Å². The van der Waals surface area contributed by atoms with Crippen LogP contribution >= 0.6 is 0 Å². The highest BCUT2D eigenvalue weighted by molar-refractivity contribution is 5.03. The van der Waals surface area contributed by atoms with Gasteiger partial charge in [0.15, 0.2) is 0 Å². The van der Waals surface area contributed by atoms with Crippen LogP contribution in [0.2, 0.25) is 0 Å². The van der Waals surface area contributed by atoms with E-state index in [4.69, 9.17) is 5.73 Å². The van der Waals surface area contributed by atoms with Crippen LogP contribution in [0, 0.1) is 5.41 Å². The van der Waals surface area contributed by atoms with Gasteiger partial charge in [-0.05, 0) is 12.8 Å². The van der Waals surface area contributed by atoms with Gasteiger partial charge in [0.1, 0.15) is 0 Å². The summed E-state index contributed by atoms with van der Waals surface area (Å²) >= 11 is 0. The van der Waals surface area contributed by atoms with Crippen LogP contribution in [-0.2, 0) is 0 Å². The second-order valence-electron chi connectivity index (χ2n) is 4.29. The van der Waals surface area contributed by atoms with Crippen LogP contribution in [0.5, 0.6) is 0 Å². The summed E-state index contributed by atoms with van der Waals surface area (Å²) in [5.74, 6) is 0. The van der Waals surface area contributed by atoms with Crippen molar-refractivity contribution in [3.05, 3.63) is 12.3 Å². The van der Waals surface area contributed by atoms with Crippen molar-refractivity contribution in [2.45, 2.75) is 59.3 Å². The lowest BCUT2D eigenvalue weighted by Crippen LogP contribution is -2.23. The fourth-order valence-electron chi connectivity index (χ4n) is 1.76. The number of hydrogen-bond donors (Lipinski definition) is 1. The van der Waals surface area contributed by atoms with E-state index >= 15 is 0 Å². The lowest BCUT2D eigenvalue weighted by Gasteiger charge is -2.29. The van der Waals surface area contributed by atoms with Crippen molar-refractivity contribution in [2.75, 3.05) is 0 Å². The average Bonchev–Trinajstić information content (AvgIpc) is 2.05. The molecule has 0 aromatic heterocycles. The van der Waals surface area contributed by atoms with Crippen molar-refractivity contribution in [3.63, 3.8) is 0 Å². The Morgan fingerprint density at radius 2 is 1.77 bits per heavy atom. The summed E-state index contributed by atoms with van der Waals surface area (Å²) in [5, 5.41) is 0. The molecule has 0 radical (unpaired) electrons. The van der Waals surface area contributed by atoms with Gasteiger partial charge in [-0.2, -0.15) is 0 Å².